The number of nitrogens with zero attached hydrogens (tertiary/aromatic N) is 1. The van der Waals surface area contributed by atoms with Gasteiger partial charge in [0.05, 0.1) is 7.11 Å². The first kappa shape index (κ1) is 9.85. The van der Waals surface area contributed by atoms with Crippen LogP contribution >= 0.6 is 11.6 Å². The van der Waals surface area contributed by atoms with Gasteiger partial charge in [-0.3, -0.25) is 0 Å². The van der Waals surface area contributed by atoms with E-state index in [1.807, 2.05) is 0 Å². The first-order chi connectivity index (χ1) is 6.27. The van der Waals surface area contributed by atoms with Crippen LogP contribution in [-0.4, -0.2) is 23.8 Å². The summed E-state index contributed by atoms with van der Waals surface area (Å²) in [6.07, 6.45) is 1.54. The molecule has 0 fully saturated rings. The predicted octanol–water partition coefficient (Wildman–Crippen LogP) is 1.09. The van der Waals surface area contributed by atoms with Gasteiger partial charge in [0.2, 0.25) is 5.88 Å². The first-order valence-electron chi connectivity index (χ1n) is 3.57. The van der Waals surface area contributed by atoms with Gasteiger partial charge in [-0.2, -0.15) is 0 Å². The van der Waals surface area contributed by atoms with E-state index in [0.29, 0.717) is 16.5 Å². The Bertz CT molecular complexity index is 354. The Morgan fingerprint density at radius 2 is 2.46 bits per heavy atom. The average Bonchev–Trinajstić information content (AvgIpc) is 2.15. The molecule has 0 aromatic carbocycles. The van der Waals surface area contributed by atoms with Crippen molar-refractivity contribution < 1.29 is 9.84 Å². The number of aliphatic hydroxyl groups is 1. The number of aliphatic hydroxyl groups excluding tert-OH is 1. The lowest BCUT2D eigenvalue weighted by Gasteiger charge is -2.00. The molecular weight excluding hydrogens is 190 g/mol. The van der Waals surface area contributed by atoms with Crippen LogP contribution in [0.5, 0.6) is 5.88 Å². The van der Waals surface area contributed by atoms with Crippen molar-refractivity contribution in [1.29, 1.82) is 0 Å². The van der Waals surface area contributed by atoms with E-state index in [2.05, 4.69) is 16.8 Å². The molecule has 0 spiro atoms. The summed E-state index contributed by atoms with van der Waals surface area (Å²) < 4.78 is 4.86. The van der Waals surface area contributed by atoms with Gasteiger partial charge < -0.3 is 9.84 Å². The normalized spacial score (nSPS) is 8.85. The second-order valence-corrected chi connectivity index (χ2v) is 2.58. The monoisotopic (exact) mass is 197 g/mol. The van der Waals surface area contributed by atoms with E-state index in [0.717, 1.165) is 0 Å². The Morgan fingerprint density at radius 3 is 3.00 bits per heavy atom. The van der Waals surface area contributed by atoms with Gasteiger partial charge in [-0.25, -0.2) is 4.98 Å². The minimum absolute atomic E-state index is 0.177. The highest BCUT2D eigenvalue weighted by atomic mass is 35.5. The zero-order chi connectivity index (χ0) is 9.68. The zero-order valence-electron chi connectivity index (χ0n) is 7.04. The number of hydrogen-bond acceptors (Lipinski definition) is 3. The van der Waals surface area contributed by atoms with E-state index in [1.54, 1.807) is 6.07 Å². The lowest BCUT2D eigenvalue weighted by Crippen LogP contribution is -1.89. The topological polar surface area (TPSA) is 42.4 Å². The minimum atomic E-state index is -0.177. The fraction of sp³-hybridized carbons (Fsp3) is 0.222. The van der Waals surface area contributed by atoms with Crippen molar-refractivity contribution in [2.24, 2.45) is 0 Å². The highest BCUT2D eigenvalue weighted by Gasteiger charge is 2.00. The van der Waals surface area contributed by atoms with Crippen molar-refractivity contribution in [3.63, 3.8) is 0 Å². The van der Waals surface area contributed by atoms with Crippen molar-refractivity contribution in [2.75, 3.05) is 13.7 Å². The molecule has 0 aliphatic carbocycles. The molecule has 68 valence electrons. The second kappa shape index (κ2) is 4.70. The second-order valence-electron chi connectivity index (χ2n) is 2.17. The zero-order valence-corrected chi connectivity index (χ0v) is 7.80. The van der Waals surface area contributed by atoms with E-state index in [-0.39, 0.29) is 6.61 Å². The minimum Gasteiger partial charge on any atom is -0.480 e. The summed E-state index contributed by atoms with van der Waals surface area (Å²) in [5.41, 5.74) is 0.653. The molecule has 0 unspecified atom stereocenters. The van der Waals surface area contributed by atoms with E-state index < -0.39 is 0 Å². The standard InChI is InChI=1S/C9H8ClNO2/c1-13-9-8(10)5-7(6-11-9)3-2-4-12/h5-6,12H,4H2,1H3. The molecule has 1 rings (SSSR count). The van der Waals surface area contributed by atoms with E-state index >= 15 is 0 Å². The number of hydrogen-bond donors (Lipinski definition) is 1. The molecule has 1 N–H and O–H groups in total. The average molecular weight is 198 g/mol. The molecule has 3 nitrogen and oxygen atoms in total. The van der Waals surface area contributed by atoms with E-state index in [1.165, 1.54) is 13.3 Å². The molecule has 0 atom stereocenters. The summed E-state index contributed by atoms with van der Waals surface area (Å²) in [5.74, 6) is 5.55. The molecule has 4 heteroatoms. The molecule has 0 amide bonds. The molecule has 0 saturated heterocycles. The van der Waals surface area contributed by atoms with Crippen LogP contribution in [0.1, 0.15) is 5.56 Å². The molecule has 1 aromatic rings. The molecule has 0 bridgehead atoms. The lowest BCUT2D eigenvalue weighted by atomic mass is 10.3. The summed E-state index contributed by atoms with van der Waals surface area (Å²) in [7, 11) is 1.49. The number of halogens is 1. The quantitative estimate of drug-likeness (QED) is 0.686. The summed E-state index contributed by atoms with van der Waals surface area (Å²) in [4.78, 5) is 3.91. The van der Waals surface area contributed by atoms with Gasteiger partial charge in [0, 0.05) is 11.8 Å². The van der Waals surface area contributed by atoms with Crippen molar-refractivity contribution in [3.05, 3.63) is 22.8 Å². The van der Waals surface area contributed by atoms with Gasteiger partial charge in [-0.1, -0.05) is 23.4 Å². The van der Waals surface area contributed by atoms with Crippen LogP contribution < -0.4 is 4.74 Å². The van der Waals surface area contributed by atoms with Gasteiger partial charge in [-0.05, 0) is 6.07 Å². The fourth-order valence-electron chi connectivity index (χ4n) is 0.786. The Kier molecular flexibility index (Phi) is 3.56. The third-order valence-corrected chi connectivity index (χ3v) is 1.58. The highest BCUT2D eigenvalue weighted by molar-refractivity contribution is 6.31. The summed E-state index contributed by atoms with van der Waals surface area (Å²) in [5, 5.41) is 8.86. The first-order valence-corrected chi connectivity index (χ1v) is 3.95. The molecule has 0 aliphatic heterocycles. The SMILES string of the molecule is COc1ncc(C#CCO)cc1Cl. The maximum absolute atomic E-state index is 8.45. The van der Waals surface area contributed by atoms with Crippen molar-refractivity contribution in [1.82, 2.24) is 4.98 Å². The largest absolute Gasteiger partial charge is 0.480 e. The highest BCUT2D eigenvalue weighted by Crippen LogP contribution is 2.21. The lowest BCUT2D eigenvalue weighted by molar-refractivity contribution is 0.350. The van der Waals surface area contributed by atoms with Crippen LogP contribution in [0.3, 0.4) is 0 Å². The van der Waals surface area contributed by atoms with Crippen molar-refractivity contribution in [2.45, 2.75) is 0 Å². The number of rotatable bonds is 1. The molecule has 13 heavy (non-hydrogen) atoms. The van der Waals surface area contributed by atoms with Gasteiger partial charge in [0.1, 0.15) is 11.6 Å². The van der Waals surface area contributed by atoms with E-state index in [9.17, 15) is 0 Å². The number of methoxy groups -OCH3 is 1. The Balaban J connectivity index is 2.96. The third kappa shape index (κ3) is 2.62. The maximum Gasteiger partial charge on any atom is 0.232 e. The van der Waals surface area contributed by atoms with Crippen LogP contribution in [0.2, 0.25) is 5.02 Å². The molecule has 0 radical (unpaired) electrons. The Hall–Kier alpha value is -1.24. The number of aromatic nitrogens is 1. The fourth-order valence-corrected chi connectivity index (χ4v) is 1.03. The van der Waals surface area contributed by atoms with Gasteiger partial charge in [-0.15, -0.1) is 0 Å². The Morgan fingerprint density at radius 1 is 1.69 bits per heavy atom. The summed E-state index contributed by atoms with van der Waals surface area (Å²) >= 11 is 5.79. The van der Waals surface area contributed by atoms with Gasteiger partial charge in [0.25, 0.3) is 0 Å². The van der Waals surface area contributed by atoms with E-state index in [4.69, 9.17) is 21.4 Å². The van der Waals surface area contributed by atoms with Crippen LogP contribution in [-0.2, 0) is 0 Å². The van der Waals surface area contributed by atoms with Crippen molar-refractivity contribution >= 4 is 11.6 Å². The maximum atomic E-state index is 8.45. The molecule has 1 aromatic heterocycles. The van der Waals surface area contributed by atoms with Crippen LogP contribution in [0.4, 0.5) is 0 Å². The van der Waals surface area contributed by atoms with Crippen molar-refractivity contribution in [3.8, 4) is 17.7 Å². The smallest absolute Gasteiger partial charge is 0.232 e. The third-order valence-electron chi connectivity index (χ3n) is 1.31. The summed E-state index contributed by atoms with van der Waals surface area (Å²) in [6, 6.07) is 1.63. The van der Waals surface area contributed by atoms with Crippen LogP contribution in [0, 0.1) is 11.8 Å². The molecule has 1 heterocycles. The van der Waals surface area contributed by atoms with Gasteiger partial charge in [0.15, 0.2) is 0 Å². The Labute approximate surface area is 81.3 Å². The van der Waals surface area contributed by atoms with Crippen LogP contribution in [0.15, 0.2) is 12.3 Å². The van der Waals surface area contributed by atoms with Crippen LogP contribution in [0.25, 0.3) is 0 Å². The molecule has 0 aliphatic rings. The molecule has 0 saturated carbocycles. The summed E-state index contributed by atoms with van der Waals surface area (Å²) in [6.45, 7) is -0.177. The van der Waals surface area contributed by atoms with Gasteiger partial charge >= 0.3 is 0 Å². The predicted molar refractivity (Wildman–Crippen MR) is 49.8 cm³/mol. The molecular formula is C9H8ClNO2. The number of pyridine rings is 1. The number of ether oxygens (including phenoxy) is 1.